The first-order valence-electron chi connectivity index (χ1n) is 9.71. The van der Waals surface area contributed by atoms with Gasteiger partial charge in [0.05, 0.1) is 11.5 Å². The summed E-state index contributed by atoms with van der Waals surface area (Å²) in [6, 6.07) is 12.4. The maximum absolute atomic E-state index is 12.8. The topological polar surface area (TPSA) is 77.1 Å². The number of nitrogens with zero attached hydrogens (tertiary/aromatic N) is 1. The van der Waals surface area contributed by atoms with E-state index in [1.165, 1.54) is 16.7 Å². The van der Waals surface area contributed by atoms with Gasteiger partial charge in [0, 0.05) is 18.7 Å². The maximum atomic E-state index is 12.8. The van der Waals surface area contributed by atoms with Crippen molar-refractivity contribution < 1.29 is 23.8 Å². The maximum Gasteiger partial charge on any atom is 0.266 e. The van der Waals surface area contributed by atoms with Crippen molar-refractivity contribution in [2.24, 2.45) is 0 Å². The highest BCUT2D eigenvalue weighted by Gasteiger charge is 2.31. The Morgan fingerprint density at radius 3 is 2.77 bits per heavy atom. The standard InChI is InChI=1S/C22H20N2O5S2/c1-2-27-16-6-4-15(5-7-16)20(25)23-9-10-24-21(26)19(31-22(24)30)12-14-3-8-17-18(11-14)29-13-28-17/h3-8,11-12H,2,9-10,13H2,1H3,(H,23,25)/b19-12+. The molecule has 2 aromatic carbocycles. The molecule has 2 amide bonds. The zero-order valence-electron chi connectivity index (χ0n) is 16.8. The van der Waals surface area contributed by atoms with Gasteiger partial charge in [-0.3, -0.25) is 14.5 Å². The number of benzene rings is 2. The minimum atomic E-state index is -0.218. The van der Waals surface area contributed by atoms with Gasteiger partial charge < -0.3 is 19.5 Å². The number of hydrogen-bond donors (Lipinski definition) is 1. The van der Waals surface area contributed by atoms with Gasteiger partial charge >= 0.3 is 0 Å². The summed E-state index contributed by atoms with van der Waals surface area (Å²) in [7, 11) is 0. The second-order valence-corrected chi connectivity index (χ2v) is 8.34. The first-order valence-corrected chi connectivity index (χ1v) is 10.9. The van der Waals surface area contributed by atoms with Crippen molar-refractivity contribution in [1.82, 2.24) is 10.2 Å². The average molecular weight is 457 g/mol. The quantitative estimate of drug-likeness (QED) is 0.505. The number of nitrogens with one attached hydrogen (secondary N) is 1. The van der Waals surface area contributed by atoms with E-state index in [2.05, 4.69) is 5.32 Å². The molecule has 0 spiro atoms. The SMILES string of the molecule is CCOc1ccc(C(=O)NCCN2C(=O)/C(=C\c3ccc4c(c3)OCO4)SC2=S)cc1. The molecule has 1 saturated heterocycles. The van der Waals surface area contributed by atoms with Crippen LogP contribution in [0.25, 0.3) is 6.08 Å². The van der Waals surface area contributed by atoms with Crippen LogP contribution in [-0.2, 0) is 4.79 Å². The molecule has 2 aliphatic rings. The first-order chi connectivity index (χ1) is 15.0. The highest BCUT2D eigenvalue weighted by molar-refractivity contribution is 8.26. The molecule has 2 aliphatic heterocycles. The highest BCUT2D eigenvalue weighted by atomic mass is 32.2. The molecule has 0 saturated carbocycles. The number of rotatable bonds is 7. The van der Waals surface area contributed by atoms with Crippen molar-refractivity contribution in [2.75, 3.05) is 26.5 Å². The Morgan fingerprint density at radius 2 is 2.00 bits per heavy atom. The van der Waals surface area contributed by atoms with Crippen molar-refractivity contribution in [2.45, 2.75) is 6.92 Å². The van der Waals surface area contributed by atoms with Crippen molar-refractivity contribution in [3.63, 3.8) is 0 Å². The molecule has 31 heavy (non-hydrogen) atoms. The smallest absolute Gasteiger partial charge is 0.266 e. The van der Waals surface area contributed by atoms with Gasteiger partial charge in [0.15, 0.2) is 11.5 Å². The molecule has 1 N–H and O–H groups in total. The predicted molar refractivity (Wildman–Crippen MR) is 122 cm³/mol. The lowest BCUT2D eigenvalue weighted by Crippen LogP contribution is -2.37. The first kappa shape index (κ1) is 21.2. The van der Waals surface area contributed by atoms with Crippen molar-refractivity contribution >= 4 is 46.2 Å². The van der Waals surface area contributed by atoms with E-state index >= 15 is 0 Å². The molecule has 160 valence electrons. The van der Waals surface area contributed by atoms with Crippen LogP contribution in [0.3, 0.4) is 0 Å². The summed E-state index contributed by atoms with van der Waals surface area (Å²) in [5, 5.41) is 2.82. The number of thioether (sulfide) groups is 1. The molecule has 2 aromatic rings. The van der Waals surface area contributed by atoms with Crippen LogP contribution >= 0.6 is 24.0 Å². The Morgan fingerprint density at radius 1 is 1.23 bits per heavy atom. The molecule has 4 rings (SSSR count). The van der Waals surface area contributed by atoms with Gasteiger partial charge in [0.1, 0.15) is 10.1 Å². The monoisotopic (exact) mass is 456 g/mol. The molecule has 9 heteroatoms. The van der Waals surface area contributed by atoms with Gasteiger partial charge in [0.25, 0.3) is 11.8 Å². The third-order valence-electron chi connectivity index (χ3n) is 4.62. The van der Waals surface area contributed by atoms with Gasteiger partial charge in [-0.1, -0.05) is 30.0 Å². The largest absolute Gasteiger partial charge is 0.494 e. The van der Waals surface area contributed by atoms with E-state index in [1.54, 1.807) is 30.3 Å². The summed E-state index contributed by atoms with van der Waals surface area (Å²) in [4.78, 5) is 27.1. The van der Waals surface area contributed by atoms with Crippen LogP contribution in [0.2, 0.25) is 0 Å². The van der Waals surface area contributed by atoms with Crippen LogP contribution in [-0.4, -0.2) is 47.5 Å². The molecule has 2 heterocycles. The summed E-state index contributed by atoms with van der Waals surface area (Å²) >= 11 is 6.60. The van der Waals surface area contributed by atoms with E-state index in [-0.39, 0.29) is 25.2 Å². The third kappa shape index (κ3) is 4.83. The zero-order valence-corrected chi connectivity index (χ0v) is 18.4. The van der Waals surface area contributed by atoms with Gasteiger partial charge in [0.2, 0.25) is 6.79 Å². The summed E-state index contributed by atoms with van der Waals surface area (Å²) in [5.41, 5.74) is 1.35. The minimum Gasteiger partial charge on any atom is -0.494 e. The molecular formula is C22H20N2O5S2. The third-order valence-corrected chi connectivity index (χ3v) is 5.99. The number of fused-ring (bicyclic) bond motifs is 1. The Bertz CT molecular complexity index is 1050. The zero-order chi connectivity index (χ0) is 21.8. The normalized spacial score (nSPS) is 16.2. The van der Waals surface area contributed by atoms with Gasteiger partial charge in [-0.25, -0.2) is 0 Å². The Hall–Kier alpha value is -3.04. The second-order valence-electron chi connectivity index (χ2n) is 6.66. The van der Waals surface area contributed by atoms with Crippen molar-refractivity contribution in [3.8, 4) is 17.2 Å². The summed E-state index contributed by atoms with van der Waals surface area (Å²) in [6.07, 6.45) is 1.78. The Labute approximate surface area is 189 Å². The van der Waals surface area contributed by atoms with E-state index in [9.17, 15) is 9.59 Å². The fourth-order valence-electron chi connectivity index (χ4n) is 3.10. The van der Waals surface area contributed by atoms with E-state index in [1.807, 2.05) is 25.1 Å². The Kier molecular flexibility index (Phi) is 6.43. The van der Waals surface area contributed by atoms with Crippen molar-refractivity contribution in [3.05, 3.63) is 58.5 Å². The fraction of sp³-hybridized carbons (Fsp3) is 0.227. The van der Waals surface area contributed by atoms with Crippen LogP contribution in [0, 0.1) is 0 Å². The molecule has 7 nitrogen and oxygen atoms in total. The number of carbonyl (C=O) groups excluding carboxylic acids is 2. The van der Waals surface area contributed by atoms with Crippen LogP contribution in [0.15, 0.2) is 47.4 Å². The lowest BCUT2D eigenvalue weighted by atomic mass is 10.2. The van der Waals surface area contributed by atoms with Gasteiger partial charge in [-0.05, 0) is 55.0 Å². The molecule has 0 unspecified atom stereocenters. The molecule has 0 aromatic heterocycles. The summed E-state index contributed by atoms with van der Waals surface area (Å²) < 4.78 is 16.5. The molecule has 1 fully saturated rings. The Balaban J connectivity index is 1.33. The number of ether oxygens (including phenoxy) is 3. The summed E-state index contributed by atoms with van der Waals surface area (Å²) in [6.45, 7) is 3.25. The van der Waals surface area contributed by atoms with Gasteiger partial charge in [-0.15, -0.1) is 0 Å². The fourth-order valence-corrected chi connectivity index (χ4v) is 4.41. The molecule has 0 aliphatic carbocycles. The predicted octanol–water partition coefficient (Wildman–Crippen LogP) is 3.45. The van der Waals surface area contributed by atoms with Gasteiger partial charge in [-0.2, -0.15) is 0 Å². The van der Waals surface area contributed by atoms with Crippen LogP contribution in [0.4, 0.5) is 0 Å². The lowest BCUT2D eigenvalue weighted by molar-refractivity contribution is -0.122. The molecular weight excluding hydrogens is 436 g/mol. The van der Waals surface area contributed by atoms with E-state index < -0.39 is 0 Å². The lowest BCUT2D eigenvalue weighted by Gasteiger charge is -2.15. The molecule has 0 radical (unpaired) electrons. The minimum absolute atomic E-state index is 0.178. The van der Waals surface area contributed by atoms with Crippen LogP contribution in [0.1, 0.15) is 22.8 Å². The number of amides is 2. The molecule has 0 atom stereocenters. The average Bonchev–Trinajstić information content (AvgIpc) is 3.33. The van der Waals surface area contributed by atoms with Crippen LogP contribution in [0.5, 0.6) is 17.2 Å². The highest BCUT2D eigenvalue weighted by Crippen LogP contribution is 2.36. The molecule has 0 bridgehead atoms. The van der Waals surface area contributed by atoms with Crippen LogP contribution < -0.4 is 19.5 Å². The second kappa shape index (κ2) is 9.40. The number of thiocarbonyl (C=S) groups is 1. The summed E-state index contributed by atoms with van der Waals surface area (Å²) in [5.74, 6) is 1.66. The number of hydrogen-bond acceptors (Lipinski definition) is 7. The number of carbonyl (C=O) groups is 2. The van der Waals surface area contributed by atoms with E-state index in [0.717, 1.165) is 5.56 Å². The van der Waals surface area contributed by atoms with E-state index in [4.69, 9.17) is 26.4 Å². The van der Waals surface area contributed by atoms with E-state index in [0.29, 0.717) is 45.2 Å². The van der Waals surface area contributed by atoms with Crippen molar-refractivity contribution in [1.29, 1.82) is 0 Å².